The molecule has 21 heavy (non-hydrogen) atoms. The molecule has 2 N–H and O–H groups in total. The highest BCUT2D eigenvalue weighted by atomic mass is 32.1. The van der Waals surface area contributed by atoms with Gasteiger partial charge in [0.25, 0.3) is 0 Å². The minimum absolute atomic E-state index is 0.539. The normalized spacial score (nSPS) is 15.9. The van der Waals surface area contributed by atoms with Crippen molar-refractivity contribution in [3.8, 4) is 0 Å². The molecule has 0 radical (unpaired) electrons. The molecule has 1 aromatic carbocycles. The predicted molar refractivity (Wildman–Crippen MR) is 93.9 cm³/mol. The van der Waals surface area contributed by atoms with E-state index in [0.29, 0.717) is 11.2 Å². The molecule has 0 spiro atoms. The summed E-state index contributed by atoms with van der Waals surface area (Å²) in [6.45, 7) is 8.70. The number of hydrogen-bond donors (Lipinski definition) is 2. The van der Waals surface area contributed by atoms with Gasteiger partial charge in [-0.1, -0.05) is 17.7 Å². The number of rotatable bonds is 3. The first kappa shape index (κ1) is 15.9. The Hall–Kier alpha value is -1.46. The van der Waals surface area contributed by atoms with E-state index in [1.54, 1.807) is 0 Å². The fourth-order valence-electron chi connectivity index (χ4n) is 2.34. The van der Waals surface area contributed by atoms with Gasteiger partial charge < -0.3 is 10.2 Å². The molecule has 0 atom stereocenters. The molecule has 0 amide bonds. The topological polar surface area (TPSA) is 39.7 Å². The van der Waals surface area contributed by atoms with Crippen LogP contribution in [0.25, 0.3) is 0 Å². The molecule has 0 saturated carbocycles. The predicted octanol–water partition coefficient (Wildman–Crippen LogP) is 3.14. The summed E-state index contributed by atoms with van der Waals surface area (Å²) in [4.78, 5) is 2.47. The number of likely N-dealkylation sites (tertiary alicyclic amines) is 1. The Labute approximate surface area is 132 Å². The summed E-state index contributed by atoms with van der Waals surface area (Å²) >= 11 is 5.26. The van der Waals surface area contributed by atoms with Crippen molar-refractivity contribution in [2.24, 2.45) is 5.10 Å². The third kappa shape index (κ3) is 5.10. The van der Waals surface area contributed by atoms with Crippen LogP contribution in [-0.4, -0.2) is 34.9 Å². The zero-order valence-corrected chi connectivity index (χ0v) is 13.8. The van der Waals surface area contributed by atoms with Crippen LogP contribution in [0.3, 0.4) is 0 Å². The van der Waals surface area contributed by atoms with Crippen molar-refractivity contribution >= 4 is 28.7 Å². The number of thiocarbonyl (C=S) groups is 1. The fraction of sp³-hybridized carbons (Fsp3) is 0.500. The van der Waals surface area contributed by atoms with Crippen LogP contribution in [0.15, 0.2) is 29.4 Å². The van der Waals surface area contributed by atoms with Crippen LogP contribution in [0.2, 0.25) is 0 Å². The SMILES string of the molecule is Cc1ccc(NC(=S)NN=C2CCN(C(C)C)CC2)cc1. The summed E-state index contributed by atoms with van der Waals surface area (Å²) in [5, 5.41) is 8.10. The highest BCUT2D eigenvalue weighted by molar-refractivity contribution is 7.80. The molecule has 0 aliphatic carbocycles. The van der Waals surface area contributed by atoms with Gasteiger partial charge in [-0.15, -0.1) is 0 Å². The van der Waals surface area contributed by atoms with E-state index in [1.807, 2.05) is 12.1 Å². The van der Waals surface area contributed by atoms with Gasteiger partial charge in [-0.2, -0.15) is 5.10 Å². The number of piperidine rings is 1. The highest BCUT2D eigenvalue weighted by Gasteiger charge is 2.17. The second-order valence-electron chi connectivity index (χ2n) is 5.74. The van der Waals surface area contributed by atoms with E-state index in [-0.39, 0.29) is 0 Å². The van der Waals surface area contributed by atoms with E-state index in [4.69, 9.17) is 12.2 Å². The Bertz CT molecular complexity index is 498. The van der Waals surface area contributed by atoms with Gasteiger partial charge in [-0.25, -0.2) is 0 Å². The summed E-state index contributed by atoms with van der Waals surface area (Å²) in [5.41, 5.74) is 6.36. The lowest BCUT2D eigenvalue weighted by molar-refractivity contribution is 0.222. The maximum absolute atomic E-state index is 5.26. The van der Waals surface area contributed by atoms with Gasteiger partial charge in [0.05, 0.1) is 0 Å². The lowest BCUT2D eigenvalue weighted by Gasteiger charge is -2.30. The summed E-state index contributed by atoms with van der Waals surface area (Å²) in [6.07, 6.45) is 2.02. The van der Waals surface area contributed by atoms with Gasteiger partial charge >= 0.3 is 0 Å². The third-order valence-electron chi connectivity index (χ3n) is 3.73. The largest absolute Gasteiger partial charge is 0.331 e. The molecule has 0 bridgehead atoms. The molecular formula is C16H24N4S. The standard InChI is InChI=1S/C16H24N4S/c1-12(2)20-10-8-15(9-11-20)18-19-16(21)17-14-6-4-13(3)5-7-14/h4-7,12H,8-11H2,1-3H3,(H2,17,19,21). The summed E-state index contributed by atoms with van der Waals surface area (Å²) in [6, 6.07) is 8.75. The van der Waals surface area contributed by atoms with Gasteiger partial charge in [0.15, 0.2) is 5.11 Å². The first-order valence-corrected chi connectivity index (χ1v) is 7.88. The Balaban J connectivity index is 1.78. The van der Waals surface area contributed by atoms with Gasteiger partial charge in [0.1, 0.15) is 0 Å². The van der Waals surface area contributed by atoms with E-state index in [0.717, 1.165) is 31.6 Å². The van der Waals surface area contributed by atoms with Crippen molar-refractivity contribution in [1.29, 1.82) is 0 Å². The lowest BCUT2D eigenvalue weighted by Crippen LogP contribution is -2.39. The van der Waals surface area contributed by atoms with Crippen molar-refractivity contribution in [2.75, 3.05) is 18.4 Å². The van der Waals surface area contributed by atoms with Crippen LogP contribution < -0.4 is 10.7 Å². The maximum atomic E-state index is 5.26. The molecule has 2 rings (SSSR count). The van der Waals surface area contributed by atoms with Crippen LogP contribution in [0.1, 0.15) is 32.3 Å². The van der Waals surface area contributed by atoms with Crippen molar-refractivity contribution in [3.05, 3.63) is 29.8 Å². The van der Waals surface area contributed by atoms with E-state index in [1.165, 1.54) is 11.3 Å². The van der Waals surface area contributed by atoms with Crippen LogP contribution in [-0.2, 0) is 0 Å². The number of anilines is 1. The molecular weight excluding hydrogens is 280 g/mol. The molecule has 0 aromatic heterocycles. The average Bonchev–Trinajstić information content (AvgIpc) is 2.48. The molecule has 1 aliphatic heterocycles. The second-order valence-corrected chi connectivity index (χ2v) is 6.15. The molecule has 1 aromatic rings. The quantitative estimate of drug-likeness (QED) is 0.665. The van der Waals surface area contributed by atoms with Gasteiger partial charge in [-0.3, -0.25) is 5.43 Å². The van der Waals surface area contributed by atoms with Crippen LogP contribution in [0, 0.1) is 6.92 Å². The lowest BCUT2D eigenvalue weighted by atomic mass is 10.1. The fourth-order valence-corrected chi connectivity index (χ4v) is 2.50. The Morgan fingerprint density at radius 2 is 1.81 bits per heavy atom. The summed E-state index contributed by atoms with van der Waals surface area (Å²) < 4.78 is 0. The van der Waals surface area contributed by atoms with E-state index >= 15 is 0 Å². The van der Waals surface area contributed by atoms with Crippen molar-refractivity contribution < 1.29 is 0 Å². The van der Waals surface area contributed by atoms with Crippen LogP contribution in [0.5, 0.6) is 0 Å². The van der Waals surface area contributed by atoms with Crippen LogP contribution in [0.4, 0.5) is 5.69 Å². The minimum atomic E-state index is 0.539. The first-order valence-electron chi connectivity index (χ1n) is 7.48. The number of nitrogens with zero attached hydrogens (tertiary/aromatic N) is 2. The molecule has 4 nitrogen and oxygen atoms in total. The molecule has 5 heteroatoms. The summed E-state index contributed by atoms with van der Waals surface area (Å²) in [5.74, 6) is 0. The zero-order chi connectivity index (χ0) is 15.2. The van der Waals surface area contributed by atoms with E-state index in [9.17, 15) is 0 Å². The zero-order valence-electron chi connectivity index (χ0n) is 13.0. The van der Waals surface area contributed by atoms with Crippen molar-refractivity contribution in [3.63, 3.8) is 0 Å². The molecule has 1 saturated heterocycles. The summed E-state index contributed by atoms with van der Waals surface area (Å²) in [7, 11) is 0. The van der Waals surface area contributed by atoms with Gasteiger partial charge in [0.2, 0.25) is 0 Å². The molecule has 114 valence electrons. The maximum Gasteiger partial charge on any atom is 0.191 e. The molecule has 1 aliphatic rings. The van der Waals surface area contributed by atoms with Crippen molar-refractivity contribution in [1.82, 2.24) is 10.3 Å². The molecule has 0 unspecified atom stereocenters. The first-order chi connectivity index (χ1) is 10.0. The number of aryl methyl sites for hydroxylation is 1. The molecule has 1 fully saturated rings. The number of hydrogen-bond acceptors (Lipinski definition) is 3. The third-order valence-corrected chi connectivity index (χ3v) is 3.92. The number of benzene rings is 1. The Morgan fingerprint density at radius 3 is 2.38 bits per heavy atom. The smallest absolute Gasteiger partial charge is 0.191 e. The van der Waals surface area contributed by atoms with Gasteiger partial charge in [-0.05, 0) is 45.1 Å². The van der Waals surface area contributed by atoms with Crippen LogP contribution >= 0.6 is 12.2 Å². The minimum Gasteiger partial charge on any atom is -0.331 e. The van der Waals surface area contributed by atoms with Gasteiger partial charge in [0, 0.05) is 43.4 Å². The second kappa shape index (κ2) is 7.52. The highest BCUT2D eigenvalue weighted by Crippen LogP contribution is 2.11. The van der Waals surface area contributed by atoms with Crippen molar-refractivity contribution in [2.45, 2.75) is 39.7 Å². The number of hydrazone groups is 1. The molecule has 1 heterocycles. The number of nitrogens with one attached hydrogen (secondary N) is 2. The van der Waals surface area contributed by atoms with E-state index in [2.05, 4.69) is 53.6 Å². The average molecular weight is 304 g/mol. The monoisotopic (exact) mass is 304 g/mol. The Morgan fingerprint density at radius 1 is 1.19 bits per heavy atom. The van der Waals surface area contributed by atoms with E-state index < -0.39 is 0 Å². The Kier molecular flexibility index (Phi) is 5.70.